The van der Waals surface area contributed by atoms with Crippen LogP contribution in [-0.4, -0.2) is 0 Å². The summed E-state index contributed by atoms with van der Waals surface area (Å²) in [6.45, 7) is 0. The van der Waals surface area contributed by atoms with E-state index in [2.05, 4.69) is 0 Å². The van der Waals surface area contributed by atoms with Crippen molar-refractivity contribution in [3.8, 4) is 22.3 Å². The number of hydrogen-bond donors (Lipinski definition) is 0. The zero-order valence-corrected chi connectivity index (χ0v) is 25.8. The van der Waals surface area contributed by atoms with Gasteiger partial charge in [0.05, 0.1) is 16.5 Å². The summed E-state index contributed by atoms with van der Waals surface area (Å²) in [5.41, 5.74) is 4.83. The molecule has 0 radical (unpaired) electrons. The summed E-state index contributed by atoms with van der Waals surface area (Å²) in [4.78, 5) is 27.5. The molecule has 6 heteroatoms. The molecule has 0 atom stereocenters. The number of benzene rings is 5. The van der Waals surface area contributed by atoms with E-state index in [1.54, 1.807) is 18.2 Å². The standard InChI is InChI=1S/C40H24Cl2O4/c41-29-17-11-25(12-18-29)15-21-31-32-23-24-34-37(38(32)46-40(44)35(31)27-7-3-1-4-8-27)33(22-16-26-13-19-30(42)20-14-26)36(39(43)45-34)28-9-5-2-6-10-28/h1-24H/b21-15+,22-16+. The van der Waals surface area contributed by atoms with Crippen molar-refractivity contribution in [1.29, 1.82) is 0 Å². The zero-order chi connectivity index (χ0) is 31.6. The van der Waals surface area contributed by atoms with Gasteiger partial charge in [0.15, 0.2) is 5.58 Å². The molecule has 0 fully saturated rings. The van der Waals surface area contributed by atoms with Crippen LogP contribution in [0.1, 0.15) is 22.3 Å². The van der Waals surface area contributed by atoms with Crippen LogP contribution in [0.15, 0.2) is 140 Å². The molecular formula is C40H24Cl2O4. The zero-order valence-electron chi connectivity index (χ0n) is 24.2. The molecule has 0 aliphatic carbocycles. The van der Waals surface area contributed by atoms with E-state index < -0.39 is 11.3 Å². The first-order valence-corrected chi connectivity index (χ1v) is 15.3. The maximum Gasteiger partial charge on any atom is 0.344 e. The van der Waals surface area contributed by atoms with Crippen molar-refractivity contribution in [2.75, 3.05) is 0 Å². The van der Waals surface area contributed by atoms with Crippen molar-refractivity contribution in [3.05, 3.63) is 174 Å². The first-order valence-electron chi connectivity index (χ1n) is 14.5. The Balaban J connectivity index is 1.58. The predicted octanol–water partition coefficient (Wildman–Crippen LogP) is 10.9. The summed E-state index contributed by atoms with van der Waals surface area (Å²) < 4.78 is 12.1. The number of rotatable bonds is 6. The second-order valence-electron chi connectivity index (χ2n) is 10.7. The minimum Gasteiger partial charge on any atom is -0.422 e. The van der Waals surface area contributed by atoms with Crippen LogP contribution >= 0.6 is 23.2 Å². The van der Waals surface area contributed by atoms with Gasteiger partial charge in [0.25, 0.3) is 0 Å². The molecule has 0 unspecified atom stereocenters. The van der Waals surface area contributed by atoms with Crippen LogP contribution in [0.3, 0.4) is 0 Å². The molecule has 5 aromatic carbocycles. The molecule has 0 N–H and O–H groups in total. The Morgan fingerprint density at radius 1 is 0.478 bits per heavy atom. The molecule has 2 heterocycles. The lowest BCUT2D eigenvalue weighted by atomic mass is 9.93. The van der Waals surface area contributed by atoms with Gasteiger partial charge in [0.2, 0.25) is 0 Å². The van der Waals surface area contributed by atoms with Gasteiger partial charge in [-0.1, -0.05) is 132 Å². The van der Waals surface area contributed by atoms with E-state index in [1.165, 1.54) is 0 Å². The van der Waals surface area contributed by atoms with Gasteiger partial charge in [-0.15, -0.1) is 0 Å². The van der Waals surface area contributed by atoms with Gasteiger partial charge >= 0.3 is 11.3 Å². The number of halogens is 2. The van der Waals surface area contributed by atoms with Crippen LogP contribution in [0.5, 0.6) is 0 Å². The molecule has 0 saturated heterocycles. The van der Waals surface area contributed by atoms with Crippen molar-refractivity contribution in [2.45, 2.75) is 0 Å². The van der Waals surface area contributed by atoms with E-state index >= 15 is 0 Å². The Hall–Kier alpha value is -5.42. The fourth-order valence-corrected chi connectivity index (χ4v) is 5.85. The van der Waals surface area contributed by atoms with Crippen molar-refractivity contribution in [2.24, 2.45) is 0 Å². The van der Waals surface area contributed by atoms with Crippen LogP contribution in [0.2, 0.25) is 10.0 Å². The summed E-state index contributed by atoms with van der Waals surface area (Å²) in [5.74, 6) is 0. The summed E-state index contributed by atoms with van der Waals surface area (Å²) in [7, 11) is 0. The molecule has 46 heavy (non-hydrogen) atoms. The SMILES string of the molecule is O=c1oc2c(ccc3oc(=O)c(-c4ccccc4)c(/C=C/c4ccc(Cl)cc4)c32)c(/C=C/c2ccc(Cl)cc2)c1-c1ccccc1. The quantitative estimate of drug-likeness (QED) is 0.134. The fourth-order valence-electron chi connectivity index (χ4n) is 5.60. The van der Waals surface area contributed by atoms with Gasteiger partial charge in [0.1, 0.15) is 5.58 Å². The molecule has 0 aliphatic heterocycles. The third-order valence-electron chi connectivity index (χ3n) is 7.77. The highest BCUT2D eigenvalue weighted by Gasteiger charge is 2.22. The molecule has 0 aliphatic rings. The molecule has 7 aromatic rings. The largest absolute Gasteiger partial charge is 0.422 e. The van der Waals surface area contributed by atoms with Gasteiger partial charge in [-0.05, 0) is 58.7 Å². The lowest BCUT2D eigenvalue weighted by molar-refractivity contribution is 0.554. The average molecular weight is 640 g/mol. The Kier molecular flexibility index (Phi) is 7.98. The lowest BCUT2D eigenvalue weighted by Crippen LogP contribution is -2.09. The van der Waals surface area contributed by atoms with Gasteiger partial charge in [-0.3, -0.25) is 0 Å². The van der Waals surface area contributed by atoms with Gasteiger partial charge in [-0.2, -0.15) is 0 Å². The average Bonchev–Trinajstić information content (AvgIpc) is 3.07. The Morgan fingerprint density at radius 3 is 1.50 bits per heavy atom. The molecule has 4 nitrogen and oxygen atoms in total. The van der Waals surface area contributed by atoms with Crippen molar-refractivity contribution in [3.63, 3.8) is 0 Å². The monoisotopic (exact) mass is 638 g/mol. The van der Waals surface area contributed by atoms with E-state index in [-0.39, 0.29) is 0 Å². The van der Waals surface area contributed by atoms with Crippen LogP contribution in [-0.2, 0) is 0 Å². The maximum absolute atomic E-state index is 14.0. The fraction of sp³-hybridized carbons (Fsp3) is 0. The van der Waals surface area contributed by atoms with Gasteiger partial charge in [-0.25, -0.2) is 9.59 Å². The Labute approximate surface area is 274 Å². The highest BCUT2D eigenvalue weighted by atomic mass is 35.5. The molecule has 222 valence electrons. The van der Waals surface area contributed by atoms with Crippen LogP contribution in [0, 0.1) is 0 Å². The molecule has 0 amide bonds. The normalized spacial score (nSPS) is 11.7. The second-order valence-corrected chi connectivity index (χ2v) is 11.5. The smallest absolute Gasteiger partial charge is 0.344 e. The minimum atomic E-state index is -0.512. The molecule has 0 spiro atoms. The maximum atomic E-state index is 14.0. The van der Waals surface area contributed by atoms with Crippen molar-refractivity contribution < 1.29 is 8.83 Å². The van der Waals surface area contributed by atoms with E-state index in [1.807, 2.05) is 127 Å². The van der Waals surface area contributed by atoms with Crippen molar-refractivity contribution in [1.82, 2.24) is 0 Å². The van der Waals surface area contributed by atoms with Gasteiger partial charge < -0.3 is 8.83 Å². The highest BCUT2D eigenvalue weighted by Crippen LogP contribution is 2.37. The Bertz CT molecular complexity index is 2390. The molecule has 7 rings (SSSR count). The van der Waals surface area contributed by atoms with Crippen LogP contribution < -0.4 is 11.3 Å². The second kappa shape index (κ2) is 12.5. The minimum absolute atomic E-state index is 0.302. The molecular weight excluding hydrogens is 615 g/mol. The Morgan fingerprint density at radius 2 is 0.957 bits per heavy atom. The molecule has 0 bridgehead atoms. The van der Waals surface area contributed by atoms with Crippen LogP contribution in [0.25, 0.3) is 68.5 Å². The van der Waals surface area contributed by atoms with Crippen LogP contribution in [0.4, 0.5) is 0 Å². The molecule has 2 aromatic heterocycles. The number of hydrogen-bond acceptors (Lipinski definition) is 4. The topological polar surface area (TPSA) is 60.4 Å². The molecule has 0 saturated carbocycles. The van der Waals surface area contributed by atoms with E-state index in [4.69, 9.17) is 32.0 Å². The van der Waals surface area contributed by atoms with Gasteiger partial charge in [0, 0.05) is 26.6 Å². The van der Waals surface area contributed by atoms with E-state index in [0.717, 1.165) is 16.7 Å². The first kappa shape index (κ1) is 29.3. The summed E-state index contributed by atoms with van der Waals surface area (Å²) in [5, 5.41) is 2.45. The lowest BCUT2D eigenvalue weighted by Gasteiger charge is -2.14. The summed E-state index contributed by atoms with van der Waals surface area (Å²) in [6, 6.07) is 37.1. The van der Waals surface area contributed by atoms with E-state index in [9.17, 15) is 9.59 Å². The summed E-state index contributed by atoms with van der Waals surface area (Å²) in [6.07, 6.45) is 7.60. The highest BCUT2D eigenvalue weighted by molar-refractivity contribution is 6.30. The summed E-state index contributed by atoms with van der Waals surface area (Å²) >= 11 is 12.2. The number of fused-ring (bicyclic) bond motifs is 3. The van der Waals surface area contributed by atoms with E-state index in [0.29, 0.717) is 59.8 Å². The predicted molar refractivity (Wildman–Crippen MR) is 190 cm³/mol. The third kappa shape index (κ3) is 5.72. The first-order chi connectivity index (χ1) is 22.5. The van der Waals surface area contributed by atoms with Crippen molar-refractivity contribution >= 4 is 69.4 Å². The third-order valence-corrected chi connectivity index (χ3v) is 8.28.